The van der Waals surface area contributed by atoms with Crippen LogP contribution in [0, 0.1) is 6.92 Å². The van der Waals surface area contributed by atoms with Crippen LogP contribution >= 0.6 is 11.6 Å². The van der Waals surface area contributed by atoms with Gasteiger partial charge in [-0.2, -0.15) is 0 Å². The van der Waals surface area contributed by atoms with Crippen molar-refractivity contribution >= 4 is 33.1 Å². The third-order valence-corrected chi connectivity index (χ3v) is 3.66. The number of hydrogen-bond donors (Lipinski definition) is 2. The minimum Gasteiger partial charge on any atom is -0.340 e. The van der Waals surface area contributed by atoms with Crippen molar-refractivity contribution in [2.75, 3.05) is 5.32 Å². The van der Waals surface area contributed by atoms with Crippen LogP contribution in [0.25, 0.3) is 0 Å². The van der Waals surface area contributed by atoms with Gasteiger partial charge in [0.2, 0.25) is 10.0 Å². The van der Waals surface area contributed by atoms with Crippen LogP contribution in [0.5, 0.6) is 0 Å². The number of nitrogens with one attached hydrogen (secondary N) is 1. The van der Waals surface area contributed by atoms with Crippen LogP contribution in [-0.4, -0.2) is 18.4 Å². The summed E-state index contributed by atoms with van der Waals surface area (Å²) in [5, 5.41) is 8.36. The number of nitrogens with two attached hydrogens (primary N) is 1. The minimum atomic E-state index is -3.76. The van der Waals surface area contributed by atoms with Crippen LogP contribution in [0.2, 0.25) is 5.15 Å². The smallest absolute Gasteiger partial charge is 0.238 e. The van der Waals surface area contributed by atoms with Gasteiger partial charge in [-0.05, 0) is 24.6 Å². The average Bonchev–Trinajstić information content (AvgIpc) is 2.30. The molecule has 0 unspecified atom stereocenters. The maximum absolute atomic E-state index is 11.4. The summed E-state index contributed by atoms with van der Waals surface area (Å²) in [4.78, 5) is 7.78. The minimum absolute atomic E-state index is 0.0673. The third kappa shape index (κ3) is 3.40. The quantitative estimate of drug-likeness (QED) is 0.842. The Labute approximate surface area is 115 Å². The second kappa shape index (κ2) is 5.12. The number of benzene rings is 1. The molecule has 2 rings (SSSR count). The van der Waals surface area contributed by atoms with E-state index >= 15 is 0 Å². The lowest BCUT2D eigenvalue weighted by Crippen LogP contribution is -2.13. The average molecular weight is 299 g/mol. The highest BCUT2D eigenvalue weighted by Gasteiger charge is 2.12. The van der Waals surface area contributed by atoms with E-state index in [2.05, 4.69) is 15.3 Å². The van der Waals surface area contributed by atoms with Crippen molar-refractivity contribution < 1.29 is 8.42 Å². The van der Waals surface area contributed by atoms with E-state index in [0.29, 0.717) is 17.1 Å². The first-order chi connectivity index (χ1) is 8.86. The SMILES string of the molecule is Cc1ccc(Nc2cc(Cl)ncn2)cc1S(N)(=O)=O. The van der Waals surface area contributed by atoms with Gasteiger partial charge in [0.15, 0.2) is 0 Å². The molecule has 1 aromatic heterocycles. The van der Waals surface area contributed by atoms with E-state index in [-0.39, 0.29) is 10.0 Å². The van der Waals surface area contributed by atoms with E-state index in [0.717, 1.165) is 0 Å². The third-order valence-electron chi connectivity index (χ3n) is 2.40. The van der Waals surface area contributed by atoms with Gasteiger partial charge in [0, 0.05) is 11.8 Å². The number of sulfonamides is 1. The van der Waals surface area contributed by atoms with Crippen molar-refractivity contribution in [2.45, 2.75) is 11.8 Å². The lowest BCUT2D eigenvalue weighted by atomic mass is 10.2. The fourth-order valence-electron chi connectivity index (χ4n) is 1.53. The van der Waals surface area contributed by atoms with Crippen LogP contribution in [-0.2, 0) is 10.0 Å². The van der Waals surface area contributed by atoms with E-state index in [9.17, 15) is 8.42 Å². The summed E-state index contributed by atoms with van der Waals surface area (Å²) >= 11 is 5.73. The van der Waals surface area contributed by atoms with Gasteiger partial charge in [-0.25, -0.2) is 23.5 Å². The molecule has 2 aromatic rings. The van der Waals surface area contributed by atoms with Crippen molar-refractivity contribution in [2.24, 2.45) is 5.14 Å². The molecule has 0 saturated carbocycles. The van der Waals surface area contributed by atoms with E-state index in [4.69, 9.17) is 16.7 Å². The van der Waals surface area contributed by atoms with Crippen molar-refractivity contribution in [1.82, 2.24) is 9.97 Å². The molecule has 3 N–H and O–H groups in total. The van der Waals surface area contributed by atoms with Gasteiger partial charge in [-0.15, -0.1) is 0 Å². The zero-order valence-electron chi connectivity index (χ0n) is 9.96. The first-order valence-corrected chi connectivity index (χ1v) is 7.17. The summed E-state index contributed by atoms with van der Waals surface area (Å²) < 4.78 is 22.8. The van der Waals surface area contributed by atoms with Gasteiger partial charge in [0.05, 0.1) is 4.90 Å². The number of halogens is 1. The molecule has 1 aromatic carbocycles. The molecular weight excluding hydrogens is 288 g/mol. The standard InChI is InChI=1S/C11H11ClN4O2S/c1-7-2-3-8(4-9(7)19(13,17)18)16-11-5-10(12)14-6-15-11/h2-6H,1H3,(H2,13,17,18)(H,14,15,16). The summed E-state index contributed by atoms with van der Waals surface area (Å²) in [5.41, 5.74) is 1.12. The largest absolute Gasteiger partial charge is 0.340 e. The molecule has 0 aliphatic rings. The highest BCUT2D eigenvalue weighted by atomic mass is 35.5. The van der Waals surface area contributed by atoms with Gasteiger partial charge in [-0.3, -0.25) is 0 Å². The van der Waals surface area contributed by atoms with Gasteiger partial charge >= 0.3 is 0 Å². The Bertz CT molecular complexity index is 718. The Morgan fingerprint density at radius 3 is 2.63 bits per heavy atom. The van der Waals surface area contributed by atoms with E-state index in [1.807, 2.05) is 0 Å². The van der Waals surface area contributed by atoms with Crippen LogP contribution < -0.4 is 10.5 Å². The summed E-state index contributed by atoms with van der Waals surface area (Å²) in [5.74, 6) is 0.462. The second-order valence-corrected chi connectivity index (χ2v) is 5.79. The molecule has 8 heteroatoms. The number of hydrogen-bond acceptors (Lipinski definition) is 5. The van der Waals surface area contributed by atoms with Crippen molar-refractivity contribution in [3.63, 3.8) is 0 Å². The lowest BCUT2D eigenvalue weighted by molar-refractivity contribution is 0.597. The summed E-state index contributed by atoms with van der Waals surface area (Å²) in [7, 11) is -3.76. The summed E-state index contributed by atoms with van der Waals surface area (Å²) in [6.45, 7) is 1.67. The number of aryl methyl sites for hydroxylation is 1. The number of rotatable bonds is 3. The van der Waals surface area contributed by atoms with E-state index in [1.165, 1.54) is 18.5 Å². The fourth-order valence-corrected chi connectivity index (χ4v) is 2.49. The first kappa shape index (κ1) is 13.7. The molecule has 0 saturated heterocycles. The molecule has 100 valence electrons. The molecule has 0 atom stereocenters. The number of aromatic nitrogens is 2. The van der Waals surface area contributed by atoms with Crippen molar-refractivity contribution in [3.05, 3.63) is 41.3 Å². The van der Waals surface area contributed by atoms with Crippen LogP contribution in [0.15, 0.2) is 35.5 Å². The van der Waals surface area contributed by atoms with Crippen LogP contribution in [0.4, 0.5) is 11.5 Å². The maximum atomic E-state index is 11.4. The highest BCUT2D eigenvalue weighted by molar-refractivity contribution is 7.89. The monoisotopic (exact) mass is 298 g/mol. The molecule has 1 heterocycles. The zero-order valence-corrected chi connectivity index (χ0v) is 11.5. The summed E-state index contributed by atoms with van der Waals surface area (Å²) in [6.07, 6.45) is 1.31. The van der Waals surface area contributed by atoms with Gasteiger partial charge in [0.1, 0.15) is 17.3 Å². The first-order valence-electron chi connectivity index (χ1n) is 5.24. The zero-order chi connectivity index (χ0) is 14.0. The van der Waals surface area contributed by atoms with Crippen LogP contribution in [0.3, 0.4) is 0 Å². The molecular formula is C11H11ClN4O2S. The molecule has 0 fully saturated rings. The number of nitrogens with zero attached hydrogens (tertiary/aromatic N) is 2. The molecule has 19 heavy (non-hydrogen) atoms. The predicted molar refractivity (Wildman–Crippen MR) is 72.9 cm³/mol. The Kier molecular flexibility index (Phi) is 3.70. The topological polar surface area (TPSA) is 98.0 Å². The Morgan fingerprint density at radius 2 is 2.00 bits per heavy atom. The molecule has 6 nitrogen and oxygen atoms in total. The number of primary sulfonamides is 1. The fraction of sp³-hybridized carbons (Fsp3) is 0.0909. The Balaban J connectivity index is 2.37. The van der Waals surface area contributed by atoms with Crippen molar-refractivity contribution in [1.29, 1.82) is 0 Å². The second-order valence-electron chi connectivity index (χ2n) is 3.88. The van der Waals surface area contributed by atoms with Gasteiger partial charge in [0.25, 0.3) is 0 Å². The Hall–Kier alpha value is -1.70. The molecule has 0 bridgehead atoms. The normalized spacial score (nSPS) is 11.3. The van der Waals surface area contributed by atoms with Gasteiger partial charge in [-0.1, -0.05) is 17.7 Å². The molecule has 0 spiro atoms. The van der Waals surface area contributed by atoms with E-state index in [1.54, 1.807) is 19.1 Å². The maximum Gasteiger partial charge on any atom is 0.238 e. The summed E-state index contributed by atoms with van der Waals surface area (Å²) in [6, 6.07) is 6.35. The van der Waals surface area contributed by atoms with Gasteiger partial charge < -0.3 is 5.32 Å². The van der Waals surface area contributed by atoms with E-state index < -0.39 is 10.0 Å². The van der Waals surface area contributed by atoms with Crippen molar-refractivity contribution in [3.8, 4) is 0 Å². The lowest BCUT2D eigenvalue weighted by Gasteiger charge is -2.09. The molecule has 0 radical (unpaired) electrons. The molecule has 0 aliphatic heterocycles. The molecule has 0 amide bonds. The molecule has 0 aliphatic carbocycles. The van der Waals surface area contributed by atoms with Crippen LogP contribution in [0.1, 0.15) is 5.56 Å². The highest BCUT2D eigenvalue weighted by Crippen LogP contribution is 2.22. The Morgan fingerprint density at radius 1 is 1.26 bits per heavy atom. The predicted octanol–water partition coefficient (Wildman–Crippen LogP) is 1.83. The number of anilines is 2.